The minimum absolute atomic E-state index is 0.0369. The number of amides is 2. The highest BCUT2D eigenvalue weighted by atomic mass is 19.1. The van der Waals surface area contributed by atoms with Gasteiger partial charge in [0.1, 0.15) is 11.5 Å². The average Bonchev–Trinajstić information content (AvgIpc) is 3.11. The van der Waals surface area contributed by atoms with Crippen molar-refractivity contribution in [1.82, 2.24) is 14.9 Å². The summed E-state index contributed by atoms with van der Waals surface area (Å²) in [5.41, 5.74) is 3.34. The first kappa shape index (κ1) is 21.8. The van der Waals surface area contributed by atoms with Gasteiger partial charge in [-0.15, -0.1) is 0 Å². The zero-order valence-corrected chi connectivity index (χ0v) is 19.0. The van der Waals surface area contributed by atoms with Gasteiger partial charge in [0.05, 0.1) is 11.3 Å². The van der Waals surface area contributed by atoms with Gasteiger partial charge in [-0.1, -0.05) is 30.3 Å². The lowest BCUT2D eigenvalue weighted by atomic mass is 9.99. The van der Waals surface area contributed by atoms with Crippen LogP contribution in [0.25, 0.3) is 5.57 Å². The van der Waals surface area contributed by atoms with Gasteiger partial charge in [0, 0.05) is 38.6 Å². The third-order valence-electron chi connectivity index (χ3n) is 6.38. The fourth-order valence-electron chi connectivity index (χ4n) is 4.41. The van der Waals surface area contributed by atoms with E-state index in [1.54, 1.807) is 24.5 Å². The van der Waals surface area contributed by atoms with Gasteiger partial charge in [-0.05, 0) is 48.7 Å². The third kappa shape index (κ3) is 3.71. The van der Waals surface area contributed by atoms with E-state index in [4.69, 9.17) is 0 Å². The van der Waals surface area contributed by atoms with Crippen LogP contribution in [-0.2, 0) is 9.59 Å². The molecule has 0 N–H and O–H groups in total. The summed E-state index contributed by atoms with van der Waals surface area (Å²) in [6.07, 6.45) is 3.39. The predicted molar refractivity (Wildman–Crippen MR) is 128 cm³/mol. The molecule has 2 aromatic carbocycles. The molecule has 34 heavy (non-hydrogen) atoms. The molecule has 0 unspecified atom stereocenters. The molecular weight excluding hydrogens is 433 g/mol. The maximum absolute atomic E-state index is 14.6. The number of carbonyl (C=O) groups excluding carboxylic acids is 2. The summed E-state index contributed by atoms with van der Waals surface area (Å²) in [5, 5.41) is 0. The molecule has 3 heterocycles. The fraction of sp³-hybridized carbons (Fsp3) is 0.231. The summed E-state index contributed by atoms with van der Waals surface area (Å²) < 4.78 is 14.6. The number of hydrogen-bond acceptors (Lipinski definition) is 6. The van der Waals surface area contributed by atoms with Gasteiger partial charge < -0.3 is 9.80 Å². The lowest BCUT2D eigenvalue weighted by Gasteiger charge is -2.36. The highest BCUT2D eigenvalue weighted by Gasteiger charge is 2.44. The average molecular weight is 458 g/mol. The molecular formula is C26H24FN5O2. The second kappa shape index (κ2) is 8.70. The van der Waals surface area contributed by atoms with Crippen LogP contribution >= 0.6 is 0 Å². The minimum atomic E-state index is -0.615. The molecule has 172 valence electrons. The molecule has 5 rings (SSSR count). The van der Waals surface area contributed by atoms with Crippen LogP contribution in [0.1, 0.15) is 16.7 Å². The van der Waals surface area contributed by atoms with Crippen molar-refractivity contribution in [2.45, 2.75) is 13.8 Å². The zero-order chi connectivity index (χ0) is 23.8. The van der Waals surface area contributed by atoms with Crippen LogP contribution in [0, 0.1) is 19.7 Å². The summed E-state index contributed by atoms with van der Waals surface area (Å²) in [7, 11) is 0. The first-order chi connectivity index (χ1) is 16.5. The van der Waals surface area contributed by atoms with Crippen molar-refractivity contribution in [3.05, 3.63) is 89.1 Å². The number of piperazine rings is 1. The van der Waals surface area contributed by atoms with Gasteiger partial charge in [-0.25, -0.2) is 19.3 Å². The highest BCUT2D eigenvalue weighted by Crippen LogP contribution is 2.36. The summed E-state index contributed by atoms with van der Waals surface area (Å²) in [4.78, 5) is 40.8. The van der Waals surface area contributed by atoms with Crippen molar-refractivity contribution in [2.24, 2.45) is 0 Å². The number of nitrogens with zero attached hydrogens (tertiary/aromatic N) is 5. The molecule has 8 heteroatoms. The van der Waals surface area contributed by atoms with E-state index in [0.717, 1.165) is 16.0 Å². The van der Waals surface area contributed by atoms with Crippen LogP contribution < -0.4 is 9.80 Å². The first-order valence-electron chi connectivity index (χ1n) is 11.2. The Kier molecular flexibility index (Phi) is 5.57. The number of rotatable bonds is 4. The number of aromatic nitrogens is 2. The maximum atomic E-state index is 14.6. The van der Waals surface area contributed by atoms with Crippen molar-refractivity contribution >= 4 is 29.0 Å². The molecule has 0 radical (unpaired) electrons. The molecule has 0 atom stereocenters. The SMILES string of the molecule is Cc1ccc(C2=C(N3CCN(c4ncccn4)CC3)C(=O)N(c3ccccc3F)C2=O)cc1C. The Hall–Kier alpha value is -4.07. The van der Waals surface area contributed by atoms with Crippen molar-refractivity contribution < 1.29 is 14.0 Å². The van der Waals surface area contributed by atoms with Crippen molar-refractivity contribution in [1.29, 1.82) is 0 Å². The van der Waals surface area contributed by atoms with E-state index >= 15 is 0 Å². The molecule has 2 aliphatic rings. The number of para-hydroxylation sites is 1. The Labute approximate surface area is 197 Å². The summed E-state index contributed by atoms with van der Waals surface area (Å²) >= 11 is 0. The van der Waals surface area contributed by atoms with Crippen molar-refractivity contribution in [2.75, 3.05) is 36.0 Å². The molecule has 1 aromatic heterocycles. The van der Waals surface area contributed by atoms with E-state index in [0.29, 0.717) is 49.0 Å². The van der Waals surface area contributed by atoms with E-state index in [1.165, 1.54) is 18.2 Å². The molecule has 0 bridgehead atoms. The van der Waals surface area contributed by atoms with Gasteiger partial charge in [0.25, 0.3) is 11.8 Å². The molecule has 2 aliphatic heterocycles. The summed E-state index contributed by atoms with van der Waals surface area (Å²) in [6, 6.07) is 13.3. The van der Waals surface area contributed by atoms with Crippen LogP contribution in [0.4, 0.5) is 16.0 Å². The Balaban J connectivity index is 1.54. The predicted octanol–water partition coefficient (Wildman–Crippen LogP) is 3.34. The molecule has 0 saturated carbocycles. The first-order valence-corrected chi connectivity index (χ1v) is 11.2. The van der Waals surface area contributed by atoms with Gasteiger partial charge in [0.2, 0.25) is 5.95 Å². The number of carbonyl (C=O) groups is 2. The normalized spacial score (nSPS) is 16.6. The Bertz CT molecular complexity index is 1300. The molecule has 0 aliphatic carbocycles. The monoisotopic (exact) mass is 457 g/mol. The molecule has 7 nitrogen and oxygen atoms in total. The van der Waals surface area contributed by atoms with E-state index in [1.807, 2.05) is 41.8 Å². The van der Waals surface area contributed by atoms with E-state index in [2.05, 4.69) is 9.97 Å². The van der Waals surface area contributed by atoms with Crippen LogP contribution in [0.15, 0.2) is 66.6 Å². The molecule has 2 amide bonds. The summed E-state index contributed by atoms with van der Waals surface area (Å²) in [6.45, 7) is 6.15. The number of halogens is 1. The number of imide groups is 1. The minimum Gasteiger partial charge on any atom is -0.363 e. The number of anilines is 2. The highest BCUT2D eigenvalue weighted by molar-refractivity contribution is 6.45. The van der Waals surface area contributed by atoms with Crippen LogP contribution in [0.5, 0.6) is 0 Å². The van der Waals surface area contributed by atoms with Crippen LogP contribution in [0.2, 0.25) is 0 Å². The van der Waals surface area contributed by atoms with Crippen LogP contribution in [-0.4, -0.2) is 52.9 Å². The molecule has 1 saturated heterocycles. The second-order valence-electron chi connectivity index (χ2n) is 8.44. The van der Waals surface area contributed by atoms with Gasteiger partial charge in [-0.3, -0.25) is 9.59 Å². The smallest absolute Gasteiger partial charge is 0.282 e. The standard InChI is InChI=1S/C26H24FN5O2/c1-17-8-9-19(16-18(17)2)22-23(25(34)32(24(22)33)21-7-4-3-6-20(21)27)30-12-14-31(15-13-30)26-28-10-5-11-29-26/h3-11,16H,12-15H2,1-2H3. The lowest BCUT2D eigenvalue weighted by Crippen LogP contribution is -2.48. The summed E-state index contributed by atoms with van der Waals surface area (Å²) in [5.74, 6) is -1.00. The molecule has 3 aromatic rings. The third-order valence-corrected chi connectivity index (χ3v) is 6.38. The van der Waals surface area contributed by atoms with Crippen LogP contribution in [0.3, 0.4) is 0 Å². The topological polar surface area (TPSA) is 69.6 Å². The van der Waals surface area contributed by atoms with Crippen molar-refractivity contribution in [3.63, 3.8) is 0 Å². The number of aryl methyl sites for hydroxylation is 2. The van der Waals surface area contributed by atoms with Gasteiger partial charge >= 0.3 is 0 Å². The lowest BCUT2D eigenvalue weighted by molar-refractivity contribution is -0.120. The fourth-order valence-corrected chi connectivity index (χ4v) is 4.41. The Morgan fingerprint density at radius 2 is 1.47 bits per heavy atom. The van der Waals surface area contributed by atoms with E-state index < -0.39 is 17.6 Å². The number of benzene rings is 2. The number of hydrogen-bond donors (Lipinski definition) is 0. The Morgan fingerprint density at radius 1 is 0.794 bits per heavy atom. The molecule has 0 spiro atoms. The molecule has 1 fully saturated rings. The van der Waals surface area contributed by atoms with E-state index in [-0.39, 0.29) is 5.69 Å². The zero-order valence-electron chi connectivity index (χ0n) is 19.0. The van der Waals surface area contributed by atoms with E-state index in [9.17, 15) is 14.0 Å². The van der Waals surface area contributed by atoms with Gasteiger partial charge in [-0.2, -0.15) is 0 Å². The Morgan fingerprint density at radius 3 is 2.15 bits per heavy atom. The quantitative estimate of drug-likeness (QED) is 0.560. The maximum Gasteiger partial charge on any atom is 0.282 e. The van der Waals surface area contributed by atoms with Crippen molar-refractivity contribution in [3.8, 4) is 0 Å². The largest absolute Gasteiger partial charge is 0.363 e. The second-order valence-corrected chi connectivity index (χ2v) is 8.44. The van der Waals surface area contributed by atoms with Gasteiger partial charge in [0.15, 0.2) is 0 Å².